The number of nitrogen functional groups attached to an aromatic ring is 1. The first kappa shape index (κ1) is 12.2. The third-order valence-electron chi connectivity index (χ3n) is 3.07. The first-order valence-corrected chi connectivity index (χ1v) is 6.38. The molecule has 5 nitrogen and oxygen atoms in total. The number of nitrogens with zero attached hydrogens (tertiary/aromatic N) is 3. The summed E-state index contributed by atoms with van der Waals surface area (Å²) in [6.45, 7) is 0.567. The van der Waals surface area contributed by atoms with Crippen LogP contribution in [0.5, 0.6) is 0 Å². The Hall–Kier alpha value is -2.82. The third-order valence-corrected chi connectivity index (χ3v) is 3.07. The van der Waals surface area contributed by atoms with Crippen molar-refractivity contribution in [1.82, 2.24) is 15.1 Å². The van der Waals surface area contributed by atoms with Gasteiger partial charge in [-0.3, -0.25) is 0 Å². The van der Waals surface area contributed by atoms with E-state index in [2.05, 4.69) is 15.6 Å². The van der Waals surface area contributed by atoms with Crippen molar-refractivity contribution in [2.75, 3.05) is 11.2 Å². The highest BCUT2D eigenvalue weighted by Crippen LogP contribution is 2.20. The maximum Gasteiger partial charge on any atom is 0.120 e. The van der Waals surface area contributed by atoms with Gasteiger partial charge in [0.1, 0.15) is 11.4 Å². The number of anilines is 1. The van der Waals surface area contributed by atoms with Gasteiger partial charge in [0, 0.05) is 11.3 Å². The van der Waals surface area contributed by atoms with Gasteiger partial charge >= 0.3 is 0 Å². The average molecular weight is 265 g/mol. The SMILES string of the molecule is Nn1nnc(-c2ccccc2)c1CNc1ccccc1. The van der Waals surface area contributed by atoms with E-state index < -0.39 is 0 Å². The number of aromatic nitrogens is 3. The van der Waals surface area contributed by atoms with Gasteiger partial charge in [0.05, 0.1) is 6.54 Å². The molecular formula is C15H15N5. The lowest BCUT2D eigenvalue weighted by Gasteiger charge is -2.07. The second-order valence-corrected chi connectivity index (χ2v) is 4.41. The van der Waals surface area contributed by atoms with Crippen LogP contribution in [0.25, 0.3) is 11.3 Å². The zero-order valence-corrected chi connectivity index (χ0v) is 10.9. The first-order chi connectivity index (χ1) is 9.84. The van der Waals surface area contributed by atoms with E-state index in [1.165, 1.54) is 4.79 Å². The minimum atomic E-state index is 0.567. The van der Waals surface area contributed by atoms with Crippen molar-refractivity contribution in [3.05, 3.63) is 66.4 Å². The van der Waals surface area contributed by atoms with Crippen LogP contribution in [0.15, 0.2) is 60.7 Å². The number of nitrogens with two attached hydrogens (primary N) is 1. The fraction of sp³-hybridized carbons (Fsp3) is 0.0667. The Morgan fingerprint density at radius 2 is 1.60 bits per heavy atom. The maximum absolute atomic E-state index is 5.85. The Labute approximate surface area is 117 Å². The summed E-state index contributed by atoms with van der Waals surface area (Å²) in [4.78, 5) is 1.32. The van der Waals surface area contributed by atoms with Gasteiger partial charge < -0.3 is 11.2 Å². The molecule has 3 aromatic rings. The van der Waals surface area contributed by atoms with Crippen LogP contribution in [-0.2, 0) is 6.54 Å². The van der Waals surface area contributed by atoms with Crippen molar-refractivity contribution in [1.29, 1.82) is 0 Å². The molecule has 0 radical (unpaired) electrons. The number of benzene rings is 2. The molecule has 0 atom stereocenters. The predicted molar refractivity (Wildman–Crippen MR) is 79.4 cm³/mol. The lowest BCUT2D eigenvalue weighted by atomic mass is 10.1. The summed E-state index contributed by atoms with van der Waals surface area (Å²) in [7, 11) is 0. The van der Waals surface area contributed by atoms with Gasteiger partial charge in [-0.15, -0.1) is 5.10 Å². The van der Waals surface area contributed by atoms with Gasteiger partial charge in [-0.2, -0.15) is 4.79 Å². The largest absolute Gasteiger partial charge is 0.379 e. The summed E-state index contributed by atoms with van der Waals surface area (Å²) in [5, 5.41) is 11.4. The molecule has 3 rings (SSSR count). The van der Waals surface area contributed by atoms with E-state index in [1.807, 2.05) is 60.7 Å². The molecule has 100 valence electrons. The van der Waals surface area contributed by atoms with E-state index in [4.69, 9.17) is 5.84 Å². The molecule has 0 aliphatic heterocycles. The average Bonchev–Trinajstić information content (AvgIpc) is 2.88. The Balaban J connectivity index is 1.85. The number of hydrogen-bond acceptors (Lipinski definition) is 4. The lowest BCUT2D eigenvalue weighted by Crippen LogP contribution is -2.16. The molecule has 0 bridgehead atoms. The molecule has 0 aliphatic rings. The number of rotatable bonds is 4. The molecule has 0 fully saturated rings. The molecule has 0 amide bonds. The van der Waals surface area contributed by atoms with E-state index in [0.717, 1.165) is 22.6 Å². The third kappa shape index (κ3) is 2.47. The van der Waals surface area contributed by atoms with Crippen LogP contribution in [0.2, 0.25) is 0 Å². The molecule has 0 saturated carbocycles. The Morgan fingerprint density at radius 1 is 0.950 bits per heavy atom. The number of nitrogens with one attached hydrogen (secondary N) is 1. The zero-order chi connectivity index (χ0) is 13.8. The highest BCUT2D eigenvalue weighted by atomic mass is 15.6. The van der Waals surface area contributed by atoms with Gasteiger partial charge in [-0.25, -0.2) is 0 Å². The molecule has 0 aliphatic carbocycles. The van der Waals surface area contributed by atoms with E-state index >= 15 is 0 Å². The van der Waals surface area contributed by atoms with Crippen molar-refractivity contribution in [3.8, 4) is 11.3 Å². The zero-order valence-electron chi connectivity index (χ0n) is 10.9. The highest BCUT2D eigenvalue weighted by molar-refractivity contribution is 5.61. The highest BCUT2D eigenvalue weighted by Gasteiger charge is 2.12. The Morgan fingerprint density at radius 3 is 2.30 bits per heavy atom. The smallest absolute Gasteiger partial charge is 0.120 e. The molecule has 5 heteroatoms. The molecule has 20 heavy (non-hydrogen) atoms. The molecule has 3 N–H and O–H groups in total. The van der Waals surface area contributed by atoms with E-state index in [0.29, 0.717) is 6.54 Å². The summed E-state index contributed by atoms with van der Waals surface area (Å²) >= 11 is 0. The van der Waals surface area contributed by atoms with Crippen LogP contribution in [0.3, 0.4) is 0 Å². The van der Waals surface area contributed by atoms with Crippen molar-refractivity contribution in [3.63, 3.8) is 0 Å². The van der Waals surface area contributed by atoms with Gasteiger partial charge in [-0.05, 0) is 17.3 Å². The Kier molecular flexibility index (Phi) is 3.33. The monoisotopic (exact) mass is 265 g/mol. The molecule has 1 aromatic heterocycles. The minimum Gasteiger partial charge on any atom is -0.379 e. The van der Waals surface area contributed by atoms with Crippen molar-refractivity contribution in [2.45, 2.75) is 6.54 Å². The quantitative estimate of drug-likeness (QED) is 0.710. The van der Waals surface area contributed by atoms with E-state index in [-0.39, 0.29) is 0 Å². The lowest BCUT2D eigenvalue weighted by molar-refractivity contribution is 0.732. The first-order valence-electron chi connectivity index (χ1n) is 6.38. The second-order valence-electron chi connectivity index (χ2n) is 4.41. The topological polar surface area (TPSA) is 68.8 Å². The van der Waals surface area contributed by atoms with Gasteiger partial charge in [0.25, 0.3) is 0 Å². The molecule has 0 saturated heterocycles. The van der Waals surface area contributed by atoms with Gasteiger partial charge in [0.2, 0.25) is 0 Å². The maximum atomic E-state index is 5.85. The van der Waals surface area contributed by atoms with Crippen molar-refractivity contribution in [2.24, 2.45) is 0 Å². The summed E-state index contributed by atoms with van der Waals surface area (Å²) in [6.07, 6.45) is 0. The van der Waals surface area contributed by atoms with Crippen LogP contribution >= 0.6 is 0 Å². The van der Waals surface area contributed by atoms with Crippen molar-refractivity contribution < 1.29 is 0 Å². The van der Waals surface area contributed by atoms with Crippen LogP contribution in [0.4, 0.5) is 5.69 Å². The van der Waals surface area contributed by atoms with Crippen LogP contribution in [0, 0.1) is 0 Å². The Bertz CT molecular complexity index is 676. The fourth-order valence-corrected chi connectivity index (χ4v) is 2.04. The van der Waals surface area contributed by atoms with E-state index in [9.17, 15) is 0 Å². The summed E-state index contributed by atoms with van der Waals surface area (Å²) < 4.78 is 0. The summed E-state index contributed by atoms with van der Waals surface area (Å²) in [5.41, 5.74) is 3.69. The standard InChI is InChI=1S/C15H15N5/c16-20-14(11-17-13-9-5-2-6-10-13)15(18-19-20)12-7-3-1-4-8-12/h1-10,17H,11,16H2. The van der Waals surface area contributed by atoms with Crippen LogP contribution < -0.4 is 11.2 Å². The normalized spacial score (nSPS) is 10.4. The van der Waals surface area contributed by atoms with Crippen molar-refractivity contribution >= 4 is 5.69 Å². The second kappa shape index (κ2) is 5.44. The fourth-order valence-electron chi connectivity index (χ4n) is 2.04. The molecule has 0 unspecified atom stereocenters. The molecule has 2 aromatic carbocycles. The summed E-state index contributed by atoms with van der Waals surface area (Å²) in [6, 6.07) is 19.9. The van der Waals surface area contributed by atoms with Crippen LogP contribution in [-0.4, -0.2) is 15.1 Å². The van der Waals surface area contributed by atoms with E-state index in [1.54, 1.807) is 0 Å². The van der Waals surface area contributed by atoms with Crippen LogP contribution in [0.1, 0.15) is 5.69 Å². The molecule has 1 heterocycles. The summed E-state index contributed by atoms with van der Waals surface area (Å²) in [5.74, 6) is 5.85. The predicted octanol–water partition coefficient (Wildman–Crippen LogP) is 2.27. The number of hydrogen-bond donors (Lipinski definition) is 2. The van der Waals surface area contributed by atoms with Gasteiger partial charge in [0.15, 0.2) is 0 Å². The minimum absolute atomic E-state index is 0.567. The number of para-hydroxylation sites is 1. The molecular weight excluding hydrogens is 250 g/mol. The van der Waals surface area contributed by atoms with Gasteiger partial charge in [-0.1, -0.05) is 48.5 Å². The molecule has 0 spiro atoms.